The molecular weight excluding hydrogens is 325 g/mol. The van der Waals surface area contributed by atoms with Crippen LogP contribution in [-0.4, -0.2) is 11.8 Å². The van der Waals surface area contributed by atoms with Crippen molar-refractivity contribution in [1.29, 1.82) is 0 Å². The van der Waals surface area contributed by atoms with E-state index in [0.29, 0.717) is 18.7 Å². The highest BCUT2D eigenvalue weighted by Gasteiger charge is 2.04. The quantitative estimate of drug-likeness (QED) is 0.709. The van der Waals surface area contributed by atoms with Crippen LogP contribution in [0.4, 0.5) is 5.69 Å². The van der Waals surface area contributed by atoms with Crippen LogP contribution in [0.15, 0.2) is 58.3 Å². The molecule has 21 heavy (non-hydrogen) atoms. The molecule has 1 N–H and O–H groups in total. The van der Waals surface area contributed by atoms with E-state index in [4.69, 9.17) is 23.2 Å². The molecule has 2 nitrogen and oxygen atoms in total. The molecule has 2 rings (SSSR count). The van der Waals surface area contributed by atoms with Crippen molar-refractivity contribution in [2.24, 2.45) is 0 Å². The molecule has 2 aromatic carbocycles. The van der Waals surface area contributed by atoms with Crippen LogP contribution in [0.1, 0.15) is 12.8 Å². The van der Waals surface area contributed by atoms with E-state index in [9.17, 15) is 4.79 Å². The van der Waals surface area contributed by atoms with E-state index in [1.165, 1.54) is 0 Å². The van der Waals surface area contributed by atoms with Gasteiger partial charge in [0.05, 0.1) is 5.02 Å². The van der Waals surface area contributed by atoms with Gasteiger partial charge in [-0.2, -0.15) is 0 Å². The van der Waals surface area contributed by atoms with Gasteiger partial charge in [-0.25, -0.2) is 0 Å². The number of alkyl halides is 1. The minimum absolute atomic E-state index is 0.0119. The van der Waals surface area contributed by atoms with Crippen molar-refractivity contribution >= 4 is 46.6 Å². The SMILES string of the molecule is O=C(CCCCl)Nc1ccc(Sc2ccccc2Cl)cc1. The zero-order valence-electron chi connectivity index (χ0n) is 11.3. The van der Waals surface area contributed by atoms with Gasteiger partial charge < -0.3 is 5.32 Å². The van der Waals surface area contributed by atoms with Crippen molar-refractivity contribution in [3.05, 3.63) is 53.6 Å². The number of anilines is 1. The second-order valence-corrected chi connectivity index (χ2v) is 6.30. The standard InChI is InChI=1S/C16H15Cl2NOS/c17-11-3-6-16(20)19-12-7-9-13(10-8-12)21-15-5-2-1-4-14(15)18/h1-2,4-5,7-10H,3,6,11H2,(H,19,20). The predicted octanol–water partition coefficient (Wildman–Crippen LogP) is 5.45. The highest BCUT2D eigenvalue weighted by Crippen LogP contribution is 2.33. The average Bonchev–Trinajstić information content (AvgIpc) is 2.49. The third kappa shape index (κ3) is 5.27. The van der Waals surface area contributed by atoms with Gasteiger partial charge in [0.15, 0.2) is 0 Å². The van der Waals surface area contributed by atoms with E-state index in [1.807, 2.05) is 48.5 Å². The van der Waals surface area contributed by atoms with E-state index in [2.05, 4.69) is 5.32 Å². The van der Waals surface area contributed by atoms with Gasteiger partial charge in [0, 0.05) is 27.8 Å². The number of carbonyl (C=O) groups is 1. The van der Waals surface area contributed by atoms with Crippen LogP contribution in [-0.2, 0) is 4.79 Å². The maximum Gasteiger partial charge on any atom is 0.224 e. The third-order valence-corrected chi connectivity index (χ3v) is 4.53. The van der Waals surface area contributed by atoms with E-state index in [-0.39, 0.29) is 5.91 Å². The summed E-state index contributed by atoms with van der Waals surface area (Å²) >= 11 is 13.3. The smallest absolute Gasteiger partial charge is 0.224 e. The van der Waals surface area contributed by atoms with E-state index in [1.54, 1.807) is 11.8 Å². The number of amides is 1. The van der Waals surface area contributed by atoms with Gasteiger partial charge >= 0.3 is 0 Å². The Balaban J connectivity index is 1.96. The second-order valence-electron chi connectivity index (χ2n) is 4.40. The molecule has 1 amide bonds. The molecular formula is C16H15Cl2NOS. The lowest BCUT2D eigenvalue weighted by molar-refractivity contribution is -0.116. The second kappa shape index (κ2) is 8.32. The molecule has 0 aliphatic rings. The molecule has 0 bridgehead atoms. The Labute approximate surface area is 138 Å². The number of benzene rings is 2. The Hall–Kier alpha value is -1.16. The fourth-order valence-corrected chi connectivity index (χ4v) is 2.93. The number of nitrogens with one attached hydrogen (secondary N) is 1. The minimum Gasteiger partial charge on any atom is -0.326 e. The Kier molecular flexibility index (Phi) is 6.43. The molecule has 0 unspecified atom stereocenters. The Bertz CT molecular complexity index is 601. The summed E-state index contributed by atoms with van der Waals surface area (Å²) in [6, 6.07) is 15.4. The lowest BCUT2D eigenvalue weighted by Crippen LogP contribution is -2.11. The first-order chi connectivity index (χ1) is 10.2. The van der Waals surface area contributed by atoms with E-state index >= 15 is 0 Å². The summed E-state index contributed by atoms with van der Waals surface area (Å²) in [7, 11) is 0. The molecule has 2 aromatic rings. The van der Waals surface area contributed by atoms with Gasteiger partial charge in [-0.05, 0) is 42.8 Å². The molecule has 0 aliphatic heterocycles. The molecule has 0 atom stereocenters. The summed E-state index contributed by atoms with van der Waals surface area (Å²) in [5.41, 5.74) is 0.790. The first-order valence-corrected chi connectivity index (χ1v) is 8.30. The topological polar surface area (TPSA) is 29.1 Å². The van der Waals surface area contributed by atoms with Crippen molar-refractivity contribution in [3.8, 4) is 0 Å². The molecule has 0 radical (unpaired) electrons. The largest absolute Gasteiger partial charge is 0.326 e. The maximum absolute atomic E-state index is 11.6. The maximum atomic E-state index is 11.6. The first-order valence-electron chi connectivity index (χ1n) is 6.57. The van der Waals surface area contributed by atoms with Crippen LogP contribution in [0, 0.1) is 0 Å². The molecule has 0 aliphatic carbocycles. The van der Waals surface area contributed by atoms with Crippen molar-refractivity contribution in [3.63, 3.8) is 0 Å². The number of carbonyl (C=O) groups excluding carboxylic acids is 1. The number of halogens is 2. The Morgan fingerprint density at radius 2 is 1.81 bits per heavy atom. The fourth-order valence-electron chi connectivity index (χ4n) is 1.71. The molecule has 0 aromatic heterocycles. The van der Waals surface area contributed by atoms with Crippen LogP contribution in [0.3, 0.4) is 0 Å². The lowest BCUT2D eigenvalue weighted by atomic mass is 10.3. The molecule has 0 spiro atoms. The number of hydrogen-bond donors (Lipinski definition) is 1. The molecule has 110 valence electrons. The molecule has 0 fully saturated rings. The van der Waals surface area contributed by atoms with E-state index in [0.717, 1.165) is 20.5 Å². The highest BCUT2D eigenvalue weighted by molar-refractivity contribution is 7.99. The number of rotatable bonds is 6. The molecule has 5 heteroatoms. The van der Waals surface area contributed by atoms with Gasteiger partial charge in [-0.3, -0.25) is 4.79 Å². The van der Waals surface area contributed by atoms with Crippen LogP contribution >= 0.6 is 35.0 Å². The summed E-state index contributed by atoms with van der Waals surface area (Å²) in [5.74, 6) is 0.489. The van der Waals surface area contributed by atoms with Crippen LogP contribution in [0.5, 0.6) is 0 Å². The monoisotopic (exact) mass is 339 g/mol. The van der Waals surface area contributed by atoms with Crippen molar-refractivity contribution < 1.29 is 4.79 Å². The summed E-state index contributed by atoms with van der Waals surface area (Å²) in [6.45, 7) is 0. The molecule has 0 saturated carbocycles. The van der Waals surface area contributed by atoms with Gasteiger partial charge in [0.2, 0.25) is 5.91 Å². The van der Waals surface area contributed by atoms with Gasteiger partial charge in [0.1, 0.15) is 0 Å². The minimum atomic E-state index is -0.0119. The first kappa shape index (κ1) is 16.2. The zero-order chi connectivity index (χ0) is 15.1. The van der Waals surface area contributed by atoms with Crippen molar-refractivity contribution in [1.82, 2.24) is 0 Å². The summed E-state index contributed by atoms with van der Waals surface area (Å²) < 4.78 is 0. The fraction of sp³-hybridized carbons (Fsp3) is 0.188. The zero-order valence-corrected chi connectivity index (χ0v) is 13.6. The molecule has 0 saturated heterocycles. The van der Waals surface area contributed by atoms with Gasteiger partial charge in [-0.15, -0.1) is 11.6 Å². The van der Waals surface area contributed by atoms with Crippen molar-refractivity contribution in [2.75, 3.05) is 11.2 Å². The van der Waals surface area contributed by atoms with Gasteiger partial charge in [-0.1, -0.05) is 35.5 Å². The highest BCUT2D eigenvalue weighted by atomic mass is 35.5. The van der Waals surface area contributed by atoms with Crippen LogP contribution in [0.25, 0.3) is 0 Å². The molecule has 0 heterocycles. The summed E-state index contributed by atoms with van der Waals surface area (Å²) in [4.78, 5) is 13.7. The lowest BCUT2D eigenvalue weighted by Gasteiger charge is -2.07. The summed E-state index contributed by atoms with van der Waals surface area (Å²) in [6.07, 6.45) is 1.13. The summed E-state index contributed by atoms with van der Waals surface area (Å²) in [5, 5.41) is 3.58. The normalized spacial score (nSPS) is 10.4. The van der Waals surface area contributed by atoms with E-state index < -0.39 is 0 Å². The average molecular weight is 340 g/mol. The Morgan fingerprint density at radius 3 is 2.48 bits per heavy atom. The van der Waals surface area contributed by atoms with Gasteiger partial charge in [0.25, 0.3) is 0 Å². The predicted molar refractivity (Wildman–Crippen MR) is 90.6 cm³/mol. The van der Waals surface area contributed by atoms with Crippen molar-refractivity contribution in [2.45, 2.75) is 22.6 Å². The van der Waals surface area contributed by atoms with Crippen LogP contribution < -0.4 is 5.32 Å². The Morgan fingerprint density at radius 1 is 1.10 bits per heavy atom. The van der Waals surface area contributed by atoms with Crippen LogP contribution in [0.2, 0.25) is 5.02 Å². The number of hydrogen-bond acceptors (Lipinski definition) is 2. The third-order valence-electron chi connectivity index (χ3n) is 2.74.